The van der Waals surface area contributed by atoms with E-state index < -0.39 is 0 Å². The van der Waals surface area contributed by atoms with Crippen molar-refractivity contribution in [2.75, 3.05) is 0 Å². The number of ether oxygens (including phenoxy) is 1. The fourth-order valence-corrected chi connectivity index (χ4v) is 3.55. The fraction of sp³-hybridized carbons (Fsp3) is 1.00. The molecule has 0 amide bonds. The summed E-state index contributed by atoms with van der Waals surface area (Å²) < 4.78 is 6.06. The van der Waals surface area contributed by atoms with E-state index in [9.17, 15) is 5.11 Å². The number of aliphatic hydroxyl groups is 1. The van der Waals surface area contributed by atoms with Gasteiger partial charge >= 0.3 is 0 Å². The maximum absolute atomic E-state index is 10.1. The van der Waals surface area contributed by atoms with Gasteiger partial charge in [-0.2, -0.15) is 0 Å². The van der Waals surface area contributed by atoms with E-state index in [2.05, 4.69) is 20.8 Å². The molecule has 0 radical (unpaired) electrons. The van der Waals surface area contributed by atoms with E-state index >= 15 is 0 Å². The first kappa shape index (κ1) is 13.4. The van der Waals surface area contributed by atoms with Gasteiger partial charge in [-0.15, -0.1) is 0 Å². The van der Waals surface area contributed by atoms with E-state index in [1.807, 2.05) is 0 Å². The number of hydrogen-bond donors (Lipinski definition) is 1. The van der Waals surface area contributed by atoms with Gasteiger partial charge in [0, 0.05) is 0 Å². The number of aliphatic hydroxyl groups excluding tert-OH is 1. The monoisotopic (exact) mass is 240 g/mol. The molecule has 1 saturated carbocycles. The summed E-state index contributed by atoms with van der Waals surface area (Å²) in [6.45, 7) is 6.63. The van der Waals surface area contributed by atoms with Crippen LogP contribution in [0.1, 0.15) is 65.7 Å². The molecule has 2 fully saturated rings. The second kappa shape index (κ2) is 5.27. The number of hydrogen-bond acceptors (Lipinski definition) is 2. The molecule has 1 aliphatic heterocycles. The van der Waals surface area contributed by atoms with Crippen molar-refractivity contribution in [2.45, 2.75) is 83.5 Å². The zero-order chi connectivity index (χ0) is 12.5. The van der Waals surface area contributed by atoms with E-state index in [4.69, 9.17) is 4.74 Å². The maximum Gasteiger partial charge on any atom is 0.0631 e. The van der Waals surface area contributed by atoms with Crippen LogP contribution in [0.3, 0.4) is 0 Å². The second-order valence-corrected chi connectivity index (χ2v) is 6.69. The summed E-state index contributed by atoms with van der Waals surface area (Å²) in [5.74, 6) is 1.31. The van der Waals surface area contributed by atoms with E-state index in [0.717, 1.165) is 25.2 Å². The first-order chi connectivity index (χ1) is 8.00. The van der Waals surface area contributed by atoms with Gasteiger partial charge in [-0.3, -0.25) is 0 Å². The Morgan fingerprint density at radius 3 is 2.59 bits per heavy atom. The Hall–Kier alpha value is -0.0800. The van der Waals surface area contributed by atoms with Crippen LogP contribution in [0.5, 0.6) is 0 Å². The highest BCUT2D eigenvalue weighted by Crippen LogP contribution is 2.38. The standard InChI is InChI=1S/C15H28O2/c1-4-11-5-6-14(16)12(9-11)10-13-7-8-15(2,3)17-13/h11-14,16H,4-10H2,1-3H3. The molecule has 4 atom stereocenters. The third-order valence-corrected chi connectivity index (χ3v) is 4.75. The lowest BCUT2D eigenvalue weighted by Crippen LogP contribution is -2.32. The van der Waals surface area contributed by atoms with E-state index in [1.165, 1.54) is 25.7 Å². The topological polar surface area (TPSA) is 29.5 Å². The van der Waals surface area contributed by atoms with Crippen LogP contribution in [0.2, 0.25) is 0 Å². The third-order valence-electron chi connectivity index (χ3n) is 4.75. The summed E-state index contributed by atoms with van der Waals surface area (Å²) in [4.78, 5) is 0. The molecule has 0 aromatic rings. The van der Waals surface area contributed by atoms with Crippen molar-refractivity contribution in [2.24, 2.45) is 11.8 Å². The summed E-state index contributed by atoms with van der Waals surface area (Å²) in [5.41, 5.74) is 0.0639. The van der Waals surface area contributed by atoms with Gasteiger partial charge in [0.05, 0.1) is 17.8 Å². The lowest BCUT2D eigenvalue weighted by Gasteiger charge is -2.34. The molecule has 2 heteroatoms. The predicted octanol–water partition coefficient (Wildman–Crippen LogP) is 3.52. The quantitative estimate of drug-likeness (QED) is 0.818. The van der Waals surface area contributed by atoms with Crippen LogP contribution in [-0.2, 0) is 4.74 Å². The van der Waals surface area contributed by atoms with Crippen LogP contribution in [-0.4, -0.2) is 22.9 Å². The minimum absolute atomic E-state index is 0.0639. The lowest BCUT2D eigenvalue weighted by atomic mass is 9.76. The first-order valence-electron chi connectivity index (χ1n) is 7.36. The molecule has 0 aromatic carbocycles. The van der Waals surface area contributed by atoms with Crippen LogP contribution in [0.4, 0.5) is 0 Å². The average molecular weight is 240 g/mol. The SMILES string of the molecule is CCC1CCC(O)C(CC2CCC(C)(C)O2)C1. The molecule has 17 heavy (non-hydrogen) atoms. The molecule has 2 nitrogen and oxygen atoms in total. The van der Waals surface area contributed by atoms with Crippen molar-refractivity contribution in [3.05, 3.63) is 0 Å². The number of rotatable bonds is 3. The van der Waals surface area contributed by atoms with Crippen molar-refractivity contribution < 1.29 is 9.84 Å². The fourth-order valence-electron chi connectivity index (χ4n) is 3.55. The Bertz CT molecular complexity index is 249. The summed E-state index contributed by atoms with van der Waals surface area (Å²) in [6.07, 6.45) is 8.40. The Morgan fingerprint density at radius 1 is 1.24 bits per heavy atom. The molecule has 2 aliphatic rings. The first-order valence-corrected chi connectivity index (χ1v) is 7.36. The second-order valence-electron chi connectivity index (χ2n) is 6.69. The summed E-state index contributed by atoms with van der Waals surface area (Å²) in [7, 11) is 0. The Labute approximate surface area is 106 Å². The smallest absolute Gasteiger partial charge is 0.0631 e. The van der Waals surface area contributed by atoms with E-state index in [-0.39, 0.29) is 11.7 Å². The molecule has 4 unspecified atom stereocenters. The molecule has 0 bridgehead atoms. The van der Waals surface area contributed by atoms with Gasteiger partial charge in [-0.1, -0.05) is 13.3 Å². The third kappa shape index (κ3) is 3.45. The molecule has 1 aliphatic carbocycles. The van der Waals surface area contributed by atoms with Crippen LogP contribution >= 0.6 is 0 Å². The summed E-state index contributed by atoms with van der Waals surface area (Å²) in [5, 5.41) is 10.1. The molecular formula is C15H28O2. The Kier molecular flexibility index (Phi) is 4.14. The van der Waals surface area contributed by atoms with Gasteiger partial charge in [0.25, 0.3) is 0 Å². The van der Waals surface area contributed by atoms with Gasteiger partial charge in [-0.05, 0) is 64.2 Å². The zero-order valence-corrected chi connectivity index (χ0v) is 11.6. The largest absolute Gasteiger partial charge is 0.393 e. The van der Waals surface area contributed by atoms with Crippen LogP contribution < -0.4 is 0 Å². The molecule has 1 N–H and O–H groups in total. The molecule has 100 valence electrons. The Morgan fingerprint density at radius 2 is 2.00 bits per heavy atom. The van der Waals surface area contributed by atoms with Crippen LogP contribution in [0, 0.1) is 11.8 Å². The molecular weight excluding hydrogens is 212 g/mol. The highest BCUT2D eigenvalue weighted by Gasteiger charge is 2.36. The minimum Gasteiger partial charge on any atom is -0.393 e. The molecule has 0 aromatic heterocycles. The normalized spacial score (nSPS) is 41.6. The summed E-state index contributed by atoms with van der Waals surface area (Å²) in [6, 6.07) is 0. The zero-order valence-electron chi connectivity index (χ0n) is 11.6. The summed E-state index contributed by atoms with van der Waals surface area (Å²) >= 11 is 0. The molecule has 1 heterocycles. The molecule has 0 spiro atoms. The van der Waals surface area contributed by atoms with Gasteiger partial charge in [0.2, 0.25) is 0 Å². The Balaban J connectivity index is 1.85. The molecule has 1 saturated heterocycles. The van der Waals surface area contributed by atoms with Gasteiger partial charge < -0.3 is 9.84 Å². The average Bonchev–Trinajstić information content (AvgIpc) is 2.61. The molecule has 2 rings (SSSR count). The highest BCUT2D eigenvalue weighted by atomic mass is 16.5. The lowest BCUT2D eigenvalue weighted by molar-refractivity contribution is -0.0448. The predicted molar refractivity (Wildman–Crippen MR) is 69.9 cm³/mol. The van der Waals surface area contributed by atoms with Crippen LogP contribution in [0.15, 0.2) is 0 Å². The van der Waals surface area contributed by atoms with E-state index in [0.29, 0.717) is 12.0 Å². The highest BCUT2D eigenvalue weighted by molar-refractivity contribution is 4.86. The van der Waals surface area contributed by atoms with Crippen molar-refractivity contribution in [3.8, 4) is 0 Å². The maximum atomic E-state index is 10.1. The van der Waals surface area contributed by atoms with E-state index in [1.54, 1.807) is 0 Å². The van der Waals surface area contributed by atoms with Crippen molar-refractivity contribution in [1.82, 2.24) is 0 Å². The van der Waals surface area contributed by atoms with Crippen LogP contribution in [0.25, 0.3) is 0 Å². The van der Waals surface area contributed by atoms with Gasteiger partial charge in [0.15, 0.2) is 0 Å². The van der Waals surface area contributed by atoms with Gasteiger partial charge in [0.1, 0.15) is 0 Å². The van der Waals surface area contributed by atoms with Crippen molar-refractivity contribution in [1.29, 1.82) is 0 Å². The van der Waals surface area contributed by atoms with Crippen molar-refractivity contribution >= 4 is 0 Å². The van der Waals surface area contributed by atoms with Crippen molar-refractivity contribution in [3.63, 3.8) is 0 Å². The van der Waals surface area contributed by atoms with Gasteiger partial charge in [-0.25, -0.2) is 0 Å². The minimum atomic E-state index is -0.0786.